The summed E-state index contributed by atoms with van der Waals surface area (Å²) in [5.74, 6) is -0.787. The molecule has 0 fully saturated rings. The standard InChI is InChI=1S/C14H27NO5/c1-3-4-5-6-7-8-13(18)15-11(2)14(19)20-10-12(17)9-16/h11-12,16-17H,3-10H2,1-2H3,(H,15,18)/t11-,12?/m0/s1. The maximum atomic E-state index is 11.6. The van der Waals surface area contributed by atoms with Gasteiger partial charge in [-0.1, -0.05) is 32.6 Å². The largest absolute Gasteiger partial charge is 0.461 e. The number of carbonyl (C=O) groups excluding carboxylic acids is 2. The lowest BCUT2D eigenvalue weighted by atomic mass is 10.1. The normalized spacial score (nSPS) is 13.6. The summed E-state index contributed by atoms with van der Waals surface area (Å²) < 4.78 is 4.75. The lowest BCUT2D eigenvalue weighted by molar-refractivity contribution is -0.150. The zero-order valence-corrected chi connectivity index (χ0v) is 12.4. The van der Waals surface area contributed by atoms with Crippen LogP contribution in [0.15, 0.2) is 0 Å². The molecule has 0 aromatic heterocycles. The van der Waals surface area contributed by atoms with E-state index in [1.54, 1.807) is 0 Å². The number of ether oxygens (including phenoxy) is 1. The number of aliphatic hydroxyl groups is 2. The van der Waals surface area contributed by atoms with Crippen LogP contribution < -0.4 is 5.32 Å². The molecule has 6 heteroatoms. The number of nitrogens with one attached hydrogen (secondary N) is 1. The Labute approximate surface area is 120 Å². The summed E-state index contributed by atoms with van der Waals surface area (Å²) in [4.78, 5) is 23.1. The Hall–Kier alpha value is -1.14. The van der Waals surface area contributed by atoms with E-state index in [0.717, 1.165) is 25.7 Å². The molecule has 3 N–H and O–H groups in total. The third-order valence-corrected chi connectivity index (χ3v) is 2.87. The second-order valence-corrected chi connectivity index (χ2v) is 4.92. The number of hydrogen-bond acceptors (Lipinski definition) is 5. The van der Waals surface area contributed by atoms with Crippen LogP contribution in [0.4, 0.5) is 0 Å². The van der Waals surface area contributed by atoms with Gasteiger partial charge >= 0.3 is 5.97 Å². The first-order valence-electron chi connectivity index (χ1n) is 7.26. The van der Waals surface area contributed by atoms with E-state index >= 15 is 0 Å². The fourth-order valence-corrected chi connectivity index (χ4v) is 1.62. The number of amides is 1. The van der Waals surface area contributed by atoms with E-state index in [9.17, 15) is 9.59 Å². The molecule has 0 saturated carbocycles. The van der Waals surface area contributed by atoms with Crippen molar-refractivity contribution in [3.63, 3.8) is 0 Å². The molecule has 0 aromatic carbocycles. The van der Waals surface area contributed by atoms with Crippen molar-refractivity contribution in [1.82, 2.24) is 5.32 Å². The highest BCUT2D eigenvalue weighted by Crippen LogP contribution is 2.05. The smallest absolute Gasteiger partial charge is 0.328 e. The molecule has 0 saturated heterocycles. The van der Waals surface area contributed by atoms with Crippen molar-refractivity contribution >= 4 is 11.9 Å². The molecule has 2 atom stereocenters. The van der Waals surface area contributed by atoms with Crippen molar-refractivity contribution in [2.24, 2.45) is 0 Å². The maximum Gasteiger partial charge on any atom is 0.328 e. The van der Waals surface area contributed by atoms with Gasteiger partial charge in [-0.25, -0.2) is 4.79 Å². The van der Waals surface area contributed by atoms with Gasteiger partial charge in [0.15, 0.2) is 0 Å². The summed E-state index contributed by atoms with van der Waals surface area (Å²) in [6.45, 7) is 2.93. The Bertz CT molecular complexity index is 283. The summed E-state index contributed by atoms with van der Waals surface area (Å²) in [5, 5.41) is 20.2. The van der Waals surface area contributed by atoms with Gasteiger partial charge in [0.2, 0.25) is 5.91 Å². The Morgan fingerprint density at radius 2 is 1.85 bits per heavy atom. The Morgan fingerprint density at radius 3 is 2.45 bits per heavy atom. The number of unbranched alkanes of at least 4 members (excludes halogenated alkanes) is 4. The van der Waals surface area contributed by atoms with Crippen LogP contribution in [0.25, 0.3) is 0 Å². The van der Waals surface area contributed by atoms with Gasteiger partial charge in [0.05, 0.1) is 6.61 Å². The molecule has 0 heterocycles. The van der Waals surface area contributed by atoms with E-state index < -0.39 is 24.7 Å². The Kier molecular flexibility index (Phi) is 11.0. The molecule has 1 amide bonds. The zero-order chi connectivity index (χ0) is 15.4. The van der Waals surface area contributed by atoms with Crippen molar-refractivity contribution < 1.29 is 24.5 Å². The highest BCUT2D eigenvalue weighted by atomic mass is 16.5. The molecule has 1 unspecified atom stereocenters. The summed E-state index contributed by atoms with van der Waals surface area (Å²) in [5.41, 5.74) is 0. The molecule has 0 aliphatic rings. The number of esters is 1. The van der Waals surface area contributed by atoms with Crippen LogP contribution in [0.5, 0.6) is 0 Å². The van der Waals surface area contributed by atoms with E-state index in [-0.39, 0.29) is 12.5 Å². The van der Waals surface area contributed by atoms with Crippen LogP contribution in [0.1, 0.15) is 52.4 Å². The summed E-state index contributed by atoms with van der Waals surface area (Å²) >= 11 is 0. The zero-order valence-electron chi connectivity index (χ0n) is 12.4. The quantitative estimate of drug-likeness (QED) is 0.385. The van der Waals surface area contributed by atoms with E-state index in [4.69, 9.17) is 14.9 Å². The SMILES string of the molecule is CCCCCCCC(=O)N[C@@H](C)C(=O)OCC(O)CO. The number of carbonyl (C=O) groups is 2. The average molecular weight is 289 g/mol. The second kappa shape index (κ2) is 11.7. The predicted molar refractivity (Wildman–Crippen MR) is 75.0 cm³/mol. The van der Waals surface area contributed by atoms with Crippen molar-refractivity contribution in [3.8, 4) is 0 Å². The molecule has 0 spiro atoms. The van der Waals surface area contributed by atoms with E-state index in [0.29, 0.717) is 6.42 Å². The monoisotopic (exact) mass is 289 g/mol. The van der Waals surface area contributed by atoms with Gasteiger partial charge in [0.25, 0.3) is 0 Å². The Morgan fingerprint density at radius 1 is 1.20 bits per heavy atom. The lowest BCUT2D eigenvalue weighted by Crippen LogP contribution is -2.40. The van der Waals surface area contributed by atoms with Gasteiger partial charge in [0, 0.05) is 6.42 Å². The van der Waals surface area contributed by atoms with E-state index in [1.807, 2.05) is 0 Å². The highest BCUT2D eigenvalue weighted by Gasteiger charge is 2.17. The molecular weight excluding hydrogens is 262 g/mol. The van der Waals surface area contributed by atoms with Gasteiger partial charge in [-0.3, -0.25) is 4.79 Å². The molecule has 0 rings (SSSR count). The van der Waals surface area contributed by atoms with Gasteiger partial charge in [-0.2, -0.15) is 0 Å². The third kappa shape index (κ3) is 9.75. The van der Waals surface area contributed by atoms with Crippen molar-refractivity contribution in [1.29, 1.82) is 0 Å². The molecule has 0 aromatic rings. The predicted octanol–water partition coefficient (Wildman–Crippen LogP) is 0.748. The molecule has 0 bridgehead atoms. The number of hydrogen-bond donors (Lipinski definition) is 3. The van der Waals surface area contributed by atoms with Crippen LogP contribution in [0, 0.1) is 0 Å². The summed E-state index contributed by atoms with van der Waals surface area (Å²) in [7, 11) is 0. The lowest BCUT2D eigenvalue weighted by Gasteiger charge is -2.14. The van der Waals surface area contributed by atoms with Gasteiger partial charge in [-0.15, -0.1) is 0 Å². The van der Waals surface area contributed by atoms with Crippen molar-refractivity contribution in [2.75, 3.05) is 13.2 Å². The van der Waals surface area contributed by atoms with Crippen LogP contribution in [0.2, 0.25) is 0 Å². The molecular formula is C14H27NO5. The first-order chi connectivity index (χ1) is 9.51. The molecule has 0 aliphatic heterocycles. The van der Waals surface area contributed by atoms with E-state index in [2.05, 4.69) is 12.2 Å². The van der Waals surface area contributed by atoms with Crippen LogP contribution in [0.3, 0.4) is 0 Å². The third-order valence-electron chi connectivity index (χ3n) is 2.87. The molecule has 118 valence electrons. The van der Waals surface area contributed by atoms with Crippen LogP contribution >= 0.6 is 0 Å². The number of aliphatic hydroxyl groups excluding tert-OH is 2. The first-order valence-corrected chi connectivity index (χ1v) is 7.26. The van der Waals surface area contributed by atoms with Crippen molar-refractivity contribution in [3.05, 3.63) is 0 Å². The maximum absolute atomic E-state index is 11.6. The number of rotatable bonds is 11. The second-order valence-electron chi connectivity index (χ2n) is 4.92. The van der Waals surface area contributed by atoms with E-state index in [1.165, 1.54) is 13.3 Å². The first kappa shape index (κ1) is 18.9. The van der Waals surface area contributed by atoms with Crippen LogP contribution in [-0.2, 0) is 14.3 Å². The Balaban J connectivity index is 3.74. The van der Waals surface area contributed by atoms with Crippen molar-refractivity contribution in [2.45, 2.75) is 64.5 Å². The fraction of sp³-hybridized carbons (Fsp3) is 0.857. The summed E-state index contributed by atoms with van der Waals surface area (Å²) in [6.07, 6.45) is 4.62. The average Bonchev–Trinajstić information content (AvgIpc) is 2.43. The molecule has 20 heavy (non-hydrogen) atoms. The minimum absolute atomic E-state index is 0.173. The van der Waals surface area contributed by atoms with Gasteiger partial charge in [-0.05, 0) is 13.3 Å². The van der Waals surface area contributed by atoms with Gasteiger partial charge in [0.1, 0.15) is 18.8 Å². The van der Waals surface area contributed by atoms with Gasteiger partial charge < -0.3 is 20.3 Å². The molecule has 0 radical (unpaired) electrons. The molecule has 0 aliphatic carbocycles. The minimum Gasteiger partial charge on any atom is -0.461 e. The van der Waals surface area contributed by atoms with Crippen LogP contribution in [-0.4, -0.2) is 47.4 Å². The highest BCUT2D eigenvalue weighted by molar-refractivity contribution is 5.84. The fourth-order valence-electron chi connectivity index (χ4n) is 1.62. The molecule has 6 nitrogen and oxygen atoms in total. The summed E-state index contributed by atoms with van der Waals surface area (Å²) in [6, 6.07) is -0.746. The minimum atomic E-state index is -1.08. The topological polar surface area (TPSA) is 95.9 Å².